The molecular formula is C47H54N8O7S2. The van der Waals surface area contributed by atoms with Gasteiger partial charge in [-0.3, -0.25) is 24.8 Å². The lowest BCUT2D eigenvalue weighted by Gasteiger charge is -2.42. The SMILES string of the molecule is CONc1cc(S(=O)(=O)NC(=O)c2ccc(N3CCN(C[C@@H]4Cc5ccccc5CN4C(=O)c4ccsc4)CC3)cc2OC2=CNC3(C)NC=CC3=C2)ccc1NCC1CCOCC1. The highest BCUT2D eigenvalue weighted by atomic mass is 32.2. The van der Waals surface area contributed by atoms with Crippen LogP contribution in [0.5, 0.6) is 5.75 Å². The molecule has 9 rings (SSSR count). The van der Waals surface area contributed by atoms with E-state index in [1.165, 1.54) is 41.7 Å². The van der Waals surface area contributed by atoms with Crippen molar-refractivity contribution in [3.63, 3.8) is 0 Å². The summed E-state index contributed by atoms with van der Waals surface area (Å²) < 4.78 is 41.9. The number of nitrogens with one attached hydrogen (secondary N) is 5. The molecule has 2 atom stereocenters. The van der Waals surface area contributed by atoms with Gasteiger partial charge in [-0.1, -0.05) is 24.3 Å². The number of piperazine rings is 1. The van der Waals surface area contributed by atoms with E-state index in [1.807, 2.05) is 59.1 Å². The van der Waals surface area contributed by atoms with E-state index in [4.69, 9.17) is 14.3 Å². The van der Waals surface area contributed by atoms with Gasteiger partial charge in [0.15, 0.2) is 0 Å². The standard InChI is InChI=1S/C47H54N8O7S2/c1-47-36(11-15-49-47)24-39(28-50-47)62-44-25-37(54-18-16-53(17-19-54)30-38-23-33-5-3-4-6-34(33)29-55(38)46(57)35-14-22-63-31-35)7-9-41(44)45(56)52-64(58,59)40-8-10-42(43(26-40)51-60-2)48-27-32-12-20-61-21-13-32/h3-11,14-15,22,24-26,28,31-32,38,48-51H,12-13,16-21,23,27,29-30H2,1-2H3,(H,52,56)/t38-,47?/m0/s1. The molecule has 1 aromatic heterocycles. The quantitative estimate of drug-likeness (QED) is 0.0988. The number of sulfonamides is 1. The van der Waals surface area contributed by atoms with Gasteiger partial charge in [-0.15, -0.1) is 0 Å². The summed E-state index contributed by atoms with van der Waals surface area (Å²) in [6.45, 7) is 8.39. The van der Waals surface area contributed by atoms with Crippen LogP contribution in [0.25, 0.3) is 0 Å². The molecular weight excluding hydrogens is 853 g/mol. The minimum atomic E-state index is -4.35. The second-order valence-electron chi connectivity index (χ2n) is 16.9. The Morgan fingerprint density at radius 3 is 2.56 bits per heavy atom. The molecule has 0 radical (unpaired) electrons. The van der Waals surface area contributed by atoms with Crippen LogP contribution in [0.4, 0.5) is 17.1 Å². The number of rotatable bonds is 14. The molecule has 3 aromatic carbocycles. The lowest BCUT2D eigenvalue weighted by molar-refractivity contribution is 0.0576. The van der Waals surface area contributed by atoms with Crippen molar-refractivity contribution in [1.82, 2.24) is 25.2 Å². The summed E-state index contributed by atoms with van der Waals surface area (Å²) in [5.74, 6) is 0.308. The molecule has 4 aromatic rings. The number of carbonyl (C=O) groups is 2. The first-order chi connectivity index (χ1) is 31.0. The summed E-state index contributed by atoms with van der Waals surface area (Å²) in [6.07, 6.45) is 10.1. The van der Waals surface area contributed by atoms with Gasteiger partial charge in [0.05, 0.1) is 34.5 Å². The first-order valence-electron chi connectivity index (χ1n) is 21.7. The third-order valence-electron chi connectivity index (χ3n) is 12.7. The summed E-state index contributed by atoms with van der Waals surface area (Å²) in [7, 11) is -2.90. The van der Waals surface area contributed by atoms with E-state index >= 15 is 0 Å². The van der Waals surface area contributed by atoms with Crippen LogP contribution in [0.1, 0.15) is 51.6 Å². The van der Waals surface area contributed by atoms with Crippen LogP contribution >= 0.6 is 11.3 Å². The topological polar surface area (TPSA) is 166 Å². The fourth-order valence-corrected chi connectivity index (χ4v) is 10.6. The zero-order chi connectivity index (χ0) is 44.3. The lowest BCUT2D eigenvalue weighted by Crippen LogP contribution is -2.54. The number of allylic oxidation sites excluding steroid dienone is 1. The molecule has 2 amide bonds. The number of hydrogen-bond donors (Lipinski definition) is 5. The van der Waals surface area contributed by atoms with E-state index in [-0.39, 0.29) is 28.2 Å². The van der Waals surface area contributed by atoms with Crippen LogP contribution in [0.2, 0.25) is 0 Å². The monoisotopic (exact) mass is 906 g/mol. The minimum Gasteiger partial charge on any atom is -0.455 e. The van der Waals surface area contributed by atoms with Gasteiger partial charge in [-0.05, 0) is 103 Å². The molecule has 0 saturated carbocycles. The largest absolute Gasteiger partial charge is 0.455 e. The van der Waals surface area contributed by atoms with Gasteiger partial charge in [0.2, 0.25) is 0 Å². The smallest absolute Gasteiger partial charge is 0.268 e. The molecule has 17 heteroatoms. The summed E-state index contributed by atoms with van der Waals surface area (Å²) in [6, 6.07) is 20.1. The van der Waals surface area contributed by atoms with E-state index in [2.05, 4.69) is 54.2 Å². The predicted molar refractivity (Wildman–Crippen MR) is 248 cm³/mol. The van der Waals surface area contributed by atoms with Crippen molar-refractivity contribution in [1.29, 1.82) is 0 Å². The fraction of sp³-hybridized carbons (Fsp3) is 0.362. The second kappa shape index (κ2) is 18.7. The summed E-state index contributed by atoms with van der Waals surface area (Å²) >= 11 is 1.53. The molecule has 15 nitrogen and oxygen atoms in total. The van der Waals surface area contributed by atoms with E-state index < -0.39 is 21.6 Å². The fourth-order valence-electron chi connectivity index (χ4n) is 8.95. The van der Waals surface area contributed by atoms with E-state index in [9.17, 15) is 18.0 Å². The number of benzene rings is 3. The average Bonchev–Trinajstić information content (AvgIpc) is 3.99. The van der Waals surface area contributed by atoms with Crippen LogP contribution in [-0.4, -0.2) is 101 Å². The Kier molecular flexibility index (Phi) is 12.7. The first kappa shape index (κ1) is 43.4. The number of fused-ring (bicyclic) bond motifs is 2. The van der Waals surface area contributed by atoms with Crippen molar-refractivity contribution in [2.24, 2.45) is 5.92 Å². The van der Waals surface area contributed by atoms with Gasteiger partial charge < -0.3 is 35.2 Å². The maximum atomic E-state index is 14.1. The highest BCUT2D eigenvalue weighted by molar-refractivity contribution is 7.90. The number of hydrogen-bond acceptors (Lipinski definition) is 14. The van der Waals surface area contributed by atoms with Crippen molar-refractivity contribution < 1.29 is 32.3 Å². The zero-order valence-electron chi connectivity index (χ0n) is 36.0. The van der Waals surface area contributed by atoms with Crippen LogP contribution in [0.15, 0.2) is 118 Å². The van der Waals surface area contributed by atoms with Crippen molar-refractivity contribution in [3.8, 4) is 5.75 Å². The number of dihydropyridines is 1. The van der Waals surface area contributed by atoms with Gasteiger partial charge in [-0.2, -0.15) is 11.3 Å². The maximum absolute atomic E-state index is 14.1. The Labute approximate surface area is 378 Å². The Bertz CT molecular complexity index is 2570. The van der Waals surface area contributed by atoms with Crippen LogP contribution in [-0.2, 0) is 32.6 Å². The number of thiophene rings is 1. The lowest BCUT2D eigenvalue weighted by atomic mass is 9.93. The molecule has 5 aliphatic rings. The van der Waals surface area contributed by atoms with Crippen molar-refractivity contribution in [2.45, 2.75) is 49.3 Å². The van der Waals surface area contributed by atoms with Crippen molar-refractivity contribution in [2.75, 3.05) is 75.3 Å². The molecule has 2 fully saturated rings. The normalized spacial score (nSPS) is 21.1. The second-order valence-corrected chi connectivity index (χ2v) is 19.4. The first-order valence-corrected chi connectivity index (χ1v) is 24.1. The predicted octanol–water partition coefficient (Wildman–Crippen LogP) is 5.65. The number of amides is 2. The van der Waals surface area contributed by atoms with E-state index in [0.717, 1.165) is 68.9 Å². The van der Waals surface area contributed by atoms with Crippen molar-refractivity contribution in [3.05, 3.63) is 136 Å². The van der Waals surface area contributed by atoms with Gasteiger partial charge in [0, 0.05) is 94.0 Å². The molecule has 64 heavy (non-hydrogen) atoms. The molecule has 5 aliphatic heterocycles. The maximum Gasteiger partial charge on any atom is 0.268 e. The van der Waals surface area contributed by atoms with Gasteiger partial charge in [0.25, 0.3) is 21.8 Å². The highest BCUT2D eigenvalue weighted by Gasteiger charge is 2.34. The molecule has 0 spiro atoms. The molecule has 5 N–H and O–H groups in total. The van der Waals surface area contributed by atoms with Gasteiger partial charge in [0.1, 0.15) is 17.2 Å². The van der Waals surface area contributed by atoms with Crippen LogP contribution in [0, 0.1) is 5.92 Å². The number of carbonyl (C=O) groups excluding carboxylic acids is 2. The van der Waals surface area contributed by atoms with Gasteiger partial charge >= 0.3 is 0 Å². The van der Waals surface area contributed by atoms with Crippen molar-refractivity contribution >= 4 is 50.2 Å². The van der Waals surface area contributed by atoms with E-state index in [1.54, 1.807) is 24.4 Å². The summed E-state index contributed by atoms with van der Waals surface area (Å²) in [5.41, 5.74) is 8.39. The summed E-state index contributed by atoms with van der Waals surface area (Å²) in [5, 5.41) is 13.9. The Morgan fingerprint density at radius 2 is 1.78 bits per heavy atom. The third kappa shape index (κ3) is 9.49. The van der Waals surface area contributed by atoms with E-state index in [0.29, 0.717) is 49.2 Å². The molecule has 0 aliphatic carbocycles. The number of anilines is 3. The van der Waals surface area contributed by atoms with Gasteiger partial charge in [-0.25, -0.2) is 13.1 Å². The molecule has 0 bridgehead atoms. The third-order valence-corrected chi connectivity index (χ3v) is 14.7. The Hall–Kier alpha value is -5.85. The average molecular weight is 907 g/mol. The Morgan fingerprint density at radius 1 is 0.969 bits per heavy atom. The molecule has 2 saturated heterocycles. The van der Waals surface area contributed by atoms with Crippen LogP contribution < -0.4 is 35.8 Å². The number of ether oxygens (including phenoxy) is 2. The molecule has 1 unspecified atom stereocenters. The molecule has 336 valence electrons. The zero-order valence-corrected chi connectivity index (χ0v) is 37.6. The summed E-state index contributed by atoms with van der Waals surface area (Å²) in [4.78, 5) is 39.6. The highest BCUT2D eigenvalue weighted by Crippen LogP contribution is 2.34. The molecule has 6 heterocycles. The number of nitrogens with zero attached hydrogens (tertiary/aromatic N) is 3. The minimum absolute atomic E-state index is 0.0285. The Balaban J connectivity index is 0.916. The van der Waals surface area contributed by atoms with Crippen LogP contribution in [0.3, 0.4) is 0 Å².